The molecule has 0 bridgehead atoms. The number of carbonyl (C=O) groups is 1. The van der Waals surface area contributed by atoms with Crippen LogP contribution < -0.4 is 5.32 Å². The van der Waals surface area contributed by atoms with Crippen LogP contribution in [0.3, 0.4) is 0 Å². The van der Waals surface area contributed by atoms with Crippen LogP contribution in [-0.2, 0) is 23.7 Å². The Balaban J connectivity index is 1.57. The van der Waals surface area contributed by atoms with E-state index in [1.54, 1.807) is 6.08 Å². The number of ether oxygens (including phenoxy) is 4. The Hall–Kier alpha value is -2.05. The molecule has 0 aliphatic carbocycles. The molecule has 9 N–H and O–H groups in total. The van der Waals surface area contributed by atoms with Crippen LogP contribution in [0.1, 0.15) is 264 Å². The van der Waals surface area contributed by atoms with Crippen LogP contribution in [0.25, 0.3) is 0 Å². The Morgan fingerprint density at radius 3 is 1.33 bits per heavy atom. The fourth-order valence-corrected chi connectivity index (χ4v) is 10.5. The maximum atomic E-state index is 13.2. The molecular formula is C65H119NO13. The van der Waals surface area contributed by atoms with E-state index in [-0.39, 0.29) is 18.9 Å². The molecule has 462 valence electrons. The average molecular weight is 1120 g/mol. The summed E-state index contributed by atoms with van der Waals surface area (Å²) in [6, 6.07) is -0.928. The van der Waals surface area contributed by atoms with Gasteiger partial charge in [0.15, 0.2) is 12.6 Å². The number of aliphatic hydroxyl groups excluding tert-OH is 8. The van der Waals surface area contributed by atoms with Crippen molar-refractivity contribution >= 4 is 5.91 Å². The van der Waals surface area contributed by atoms with Gasteiger partial charge in [-0.15, -0.1) is 0 Å². The van der Waals surface area contributed by atoms with Gasteiger partial charge in [-0.2, -0.15) is 0 Å². The zero-order valence-electron chi connectivity index (χ0n) is 49.9. The highest BCUT2D eigenvalue weighted by molar-refractivity contribution is 5.76. The van der Waals surface area contributed by atoms with E-state index in [1.165, 1.54) is 193 Å². The summed E-state index contributed by atoms with van der Waals surface area (Å²) in [5.41, 5.74) is 0. The largest absolute Gasteiger partial charge is 0.394 e. The number of allylic oxidation sites excluding steroid dienone is 7. The lowest BCUT2D eigenvalue weighted by Gasteiger charge is -2.46. The third kappa shape index (κ3) is 35.6. The lowest BCUT2D eigenvalue weighted by molar-refractivity contribution is -0.359. The molecule has 0 aromatic carbocycles. The number of amides is 1. The molecule has 2 rings (SSSR count). The van der Waals surface area contributed by atoms with E-state index in [0.29, 0.717) is 12.8 Å². The number of hydrogen-bond donors (Lipinski definition) is 9. The van der Waals surface area contributed by atoms with E-state index in [4.69, 9.17) is 18.9 Å². The molecule has 2 aliphatic heterocycles. The Labute approximate surface area is 480 Å². The summed E-state index contributed by atoms with van der Waals surface area (Å²) in [7, 11) is 0. The molecule has 2 saturated heterocycles. The van der Waals surface area contributed by atoms with Crippen LogP contribution in [0, 0.1) is 0 Å². The van der Waals surface area contributed by atoms with Gasteiger partial charge < -0.3 is 65.1 Å². The van der Waals surface area contributed by atoms with Crippen LogP contribution in [0.15, 0.2) is 48.6 Å². The van der Waals surface area contributed by atoms with Crippen molar-refractivity contribution in [2.24, 2.45) is 0 Å². The smallest absolute Gasteiger partial charge is 0.220 e. The monoisotopic (exact) mass is 1120 g/mol. The summed E-state index contributed by atoms with van der Waals surface area (Å²) in [5.74, 6) is -0.248. The Bertz CT molecular complexity index is 1510. The van der Waals surface area contributed by atoms with E-state index >= 15 is 0 Å². The number of carbonyl (C=O) groups excluding carboxylic acids is 1. The van der Waals surface area contributed by atoms with Crippen LogP contribution >= 0.6 is 0 Å². The number of unbranched alkanes of at least 4 members (excludes halogenated alkanes) is 33. The van der Waals surface area contributed by atoms with Crippen molar-refractivity contribution in [1.29, 1.82) is 0 Å². The molecule has 0 saturated carbocycles. The SMILES string of the molecule is CCCCCC/C=C/CC/C=C/C(O)C(COC1OC(CO)C(OC2OC(CO)C(O)C(O)C2O)C(O)C1O)NC(=O)CCCCCCCCCCCCCCCCCCCCCCCCC/C=C\C/C=C\CCCCCCC. The van der Waals surface area contributed by atoms with Gasteiger partial charge in [-0.25, -0.2) is 0 Å². The van der Waals surface area contributed by atoms with Gasteiger partial charge in [0, 0.05) is 6.42 Å². The summed E-state index contributed by atoms with van der Waals surface area (Å²) in [6.45, 7) is 2.73. The molecule has 12 atom stereocenters. The van der Waals surface area contributed by atoms with Crippen molar-refractivity contribution in [2.75, 3.05) is 19.8 Å². The van der Waals surface area contributed by atoms with Crippen molar-refractivity contribution in [2.45, 2.75) is 338 Å². The molecule has 14 heteroatoms. The first-order valence-electron chi connectivity index (χ1n) is 32.4. The Morgan fingerprint density at radius 1 is 0.456 bits per heavy atom. The Kier molecular flexibility index (Phi) is 46.7. The average Bonchev–Trinajstić information content (AvgIpc) is 3.48. The number of aliphatic hydroxyl groups is 8. The van der Waals surface area contributed by atoms with Crippen molar-refractivity contribution in [3.8, 4) is 0 Å². The first-order valence-corrected chi connectivity index (χ1v) is 32.4. The van der Waals surface area contributed by atoms with Crippen LogP contribution in [0.5, 0.6) is 0 Å². The summed E-state index contributed by atoms with van der Waals surface area (Å²) in [4.78, 5) is 13.2. The molecule has 14 nitrogen and oxygen atoms in total. The van der Waals surface area contributed by atoms with Crippen molar-refractivity contribution in [3.05, 3.63) is 48.6 Å². The minimum Gasteiger partial charge on any atom is -0.394 e. The summed E-state index contributed by atoms with van der Waals surface area (Å²) in [6.07, 6.45) is 47.8. The van der Waals surface area contributed by atoms with Crippen LogP contribution in [-0.4, -0.2) is 140 Å². The maximum Gasteiger partial charge on any atom is 0.220 e. The number of rotatable bonds is 52. The van der Waals surface area contributed by atoms with Crippen LogP contribution in [0.2, 0.25) is 0 Å². The highest BCUT2D eigenvalue weighted by Crippen LogP contribution is 2.30. The second-order valence-electron chi connectivity index (χ2n) is 22.9. The predicted octanol–water partition coefficient (Wildman–Crippen LogP) is 12.0. The molecule has 2 heterocycles. The van der Waals surface area contributed by atoms with Gasteiger partial charge in [0.05, 0.1) is 32.0 Å². The van der Waals surface area contributed by atoms with Crippen molar-refractivity contribution in [3.63, 3.8) is 0 Å². The molecule has 0 aromatic rings. The highest BCUT2D eigenvalue weighted by Gasteiger charge is 2.51. The van der Waals surface area contributed by atoms with E-state index in [0.717, 1.165) is 38.5 Å². The number of nitrogens with one attached hydrogen (secondary N) is 1. The summed E-state index contributed by atoms with van der Waals surface area (Å²) < 4.78 is 22.7. The summed E-state index contributed by atoms with van der Waals surface area (Å²) in [5, 5.41) is 86.9. The first-order chi connectivity index (χ1) is 38.6. The van der Waals surface area contributed by atoms with Gasteiger partial charge in [0.25, 0.3) is 0 Å². The molecule has 12 unspecified atom stereocenters. The second-order valence-corrected chi connectivity index (χ2v) is 22.9. The van der Waals surface area contributed by atoms with E-state index in [9.17, 15) is 45.6 Å². The van der Waals surface area contributed by atoms with Gasteiger partial charge in [0.1, 0.15) is 48.8 Å². The topological polar surface area (TPSA) is 228 Å². The third-order valence-corrected chi connectivity index (χ3v) is 15.7. The minimum absolute atomic E-state index is 0.248. The molecule has 0 aromatic heterocycles. The zero-order valence-corrected chi connectivity index (χ0v) is 49.9. The first kappa shape index (κ1) is 73.1. The molecule has 0 spiro atoms. The normalized spacial score (nSPS) is 24.7. The zero-order chi connectivity index (χ0) is 57.4. The van der Waals surface area contributed by atoms with Gasteiger partial charge >= 0.3 is 0 Å². The molecule has 2 fully saturated rings. The molecule has 1 amide bonds. The van der Waals surface area contributed by atoms with E-state index in [2.05, 4.69) is 55.6 Å². The van der Waals surface area contributed by atoms with Crippen molar-refractivity contribution in [1.82, 2.24) is 5.32 Å². The predicted molar refractivity (Wildman–Crippen MR) is 318 cm³/mol. The second kappa shape index (κ2) is 50.5. The van der Waals surface area contributed by atoms with Gasteiger partial charge in [-0.3, -0.25) is 4.79 Å². The molecule has 79 heavy (non-hydrogen) atoms. The molecule has 2 aliphatic rings. The lowest BCUT2D eigenvalue weighted by atomic mass is 9.97. The lowest BCUT2D eigenvalue weighted by Crippen LogP contribution is -2.65. The van der Waals surface area contributed by atoms with Gasteiger partial charge in [-0.1, -0.05) is 242 Å². The quantitative estimate of drug-likeness (QED) is 0.0204. The van der Waals surface area contributed by atoms with Crippen LogP contribution in [0.4, 0.5) is 0 Å². The minimum atomic E-state index is -1.79. The number of hydrogen-bond acceptors (Lipinski definition) is 13. The Morgan fingerprint density at radius 2 is 0.848 bits per heavy atom. The molecular weight excluding hydrogens is 1000 g/mol. The van der Waals surface area contributed by atoms with Gasteiger partial charge in [0.2, 0.25) is 5.91 Å². The standard InChI is InChI=1S/C65H119NO13/c1-3-5-7-9-11-13-15-16-17-18-19-20-21-22-23-24-25-26-27-28-29-30-31-32-33-34-35-36-37-38-39-41-43-45-47-49-57(70)66-53(54(69)48-46-44-42-40-14-12-10-8-6-4-2)52-76-64-62(75)60(73)63(56(51-68)78-64)79-65-61(74)59(72)58(71)55(50-67)77-65/h14-16,18-19,40,46,48,53-56,58-65,67-69,71-75H,3-13,17,20-39,41-45,47,49-52H2,1-2H3,(H,66,70)/b16-15-,19-18-,40-14+,48-46+. The van der Waals surface area contributed by atoms with E-state index < -0.39 is 86.8 Å². The van der Waals surface area contributed by atoms with E-state index in [1.807, 2.05) is 6.08 Å². The molecule has 0 radical (unpaired) electrons. The van der Waals surface area contributed by atoms with Gasteiger partial charge in [-0.05, 0) is 64.2 Å². The fraction of sp³-hybridized carbons (Fsp3) is 0.862. The summed E-state index contributed by atoms with van der Waals surface area (Å²) >= 11 is 0. The fourth-order valence-electron chi connectivity index (χ4n) is 10.5. The van der Waals surface area contributed by atoms with Crippen molar-refractivity contribution < 1.29 is 64.6 Å². The maximum absolute atomic E-state index is 13.2. The third-order valence-electron chi connectivity index (χ3n) is 15.7. The highest BCUT2D eigenvalue weighted by atomic mass is 16.7.